The summed E-state index contributed by atoms with van der Waals surface area (Å²) >= 11 is 0. The zero-order valence-electron chi connectivity index (χ0n) is 16.6. The van der Waals surface area contributed by atoms with E-state index >= 15 is 0 Å². The molecule has 0 aliphatic carbocycles. The van der Waals surface area contributed by atoms with Crippen molar-refractivity contribution in [3.05, 3.63) is 0 Å². The van der Waals surface area contributed by atoms with Gasteiger partial charge in [0.15, 0.2) is 0 Å². The second kappa shape index (κ2) is 7.33. The fourth-order valence-corrected chi connectivity index (χ4v) is 3.67. The summed E-state index contributed by atoms with van der Waals surface area (Å²) < 4.78 is 5.13. The molecule has 3 nitrogen and oxygen atoms in total. The molecule has 1 N–H and O–H groups in total. The van der Waals surface area contributed by atoms with E-state index in [1.807, 2.05) is 0 Å². The van der Waals surface area contributed by atoms with Crippen LogP contribution < -0.4 is 5.32 Å². The van der Waals surface area contributed by atoms with Crippen LogP contribution in [0.1, 0.15) is 81.6 Å². The van der Waals surface area contributed by atoms with Crippen LogP contribution in [0, 0.1) is 16.2 Å². The normalized spacial score (nSPS) is 14.1. The van der Waals surface area contributed by atoms with Crippen LogP contribution >= 0.6 is 0 Å². The molecule has 0 radical (unpaired) electrons. The molecule has 0 bridgehead atoms. The monoisotopic (exact) mass is 313 g/mol. The Morgan fingerprint density at radius 2 is 1.41 bits per heavy atom. The van der Waals surface area contributed by atoms with Crippen molar-refractivity contribution in [3.8, 4) is 0 Å². The molecular weight excluding hydrogens is 274 g/mol. The number of rotatable bonds is 8. The zero-order valence-corrected chi connectivity index (χ0v) is 16.6. The lowest BCUT2D eigenvalue weighted by atomic mass is 9.67. The third kappa shape index (κ3) is 8.77. The highest BCUT2D eigenvalue weighted by Gasteiger charge is 2.38. The molecule has 0 unspecified atom stereocenters. The highest BCUT2D eigenvalue weighted by Crippen LogP contribution is 2.42. The molecule has 0 aromatic rings. The smallest absolute Gasteiger partial charge is 0.226 e. The number of carbonyl (C=O) groups is 1. The summed E-state index contributed by atoms with van der Waals surface area (Å²) in [5.41, 5.74) is -0.207. The van der Waals surface area contributed by atoms with Gasteiger partial charge in [0.05, 0.1) is 0 Å². The van der Waals surface area contributed by atoms with E-state index < -0.39 is 0 Å². The molecule has 132 valence electrons. The van der Waals surface area contributed by atoms with E-state index in [0.29, 0.717) is 6.61 Å². The Morgan fingerprint density at radius 3 is 1.82 bits per heavy atom. The third-order valence-electron chi connectivity index (χ3n) is 3.93. The first kappa shape index (κ1) is 21.4. The minimum atomic E-state index is -0.376. The van der Waals surface area contributed by atoms with E-state index in [-0.39, 0.29) is 27.7 Å². The van der Waals surface area contributed by atoms with Crippen molar-refractivity contribution in [2.24, 2.45) is 16.2 Å². The number of methoxy groups -OCH3 is 1. The number of nitrogens with one attached hydrogen (secondary N) is 1. The molecule has 0 aliphatic heterocycles. The largest absolute Gasteiger partial charge is 0.385 e. The molecule has 22 heavy (non-hydrogen) atoms. The fraction of sp³-hybridized carbons (Fsp3) is 0.947. The molecule has 0 aliphatic rings. The summed E-state index contributed by atoms with van der Waals surface area (Å²) in [6.45, 7) is 20.2. The van der Waals surface area contributed by atoms with E-state index in [4.69, 9.17) is 4.74 Å². The summed E-state index contributed by atoms with van der Waals surface area (Å²) in [5, 5.41) is 3.20. The zero-order chi connectivity index (χ0) is 17.8. The highest BCUT2D eigenvalue weighted by atomic mass is 16.5. The first-order valence-electron chi connectivity index (χ1n) is 8.42. The molecule has 0 atom stereocenters. The van der Waals surface area contributed by atoms with Crippen molar-refractivity contribution in [3.63, 3.8) is 0 Å². The van der Waals surface area contributed by atoms with Crippen molar-refractivity contribution in [2.45, 2.75) is 87.1 Å². The Labute approximate surface area is 138 Å². The van der Waals surface area contributed by atoms with Gasteiger partial charge in [-0.25, -0.2) is 0 Å². The van der Waals surface area contributed by atoms with Gasteiger partial charge in [0, 0.05) is 24.7 Å². The first-order valence-corrected chi connectivity index (χ1v) is 8.42. The van der Waals surface area contributed by atoms with Gasteiger partial charge in [-0.2, -0.15) is 0 Å². The van der Waals surface area contributed by atoms with Gasteiger partial charge in [0.2, 0.25) is 5.91 Å². The molecular formula is C19H39NO2. The van der Waals surface area contributed by atoms with Gasteiger partial charge in [0.25, 0.3) is 0 Å². The van der Waals surface area contributed by atoms with Gasteiger partial charge in [-0.15, -0.1) is 0 Å². The molecule has 0 spiro atoms. The van der Waals surface area contributed by atoms with Gasteiger partial charge in [-0.3, -0.25) is 4.79 Å². The summed E-state index contributed by atoms with van der Waals surface area (Å²) in [5.74, 6) is 0.135. The number of ether oxygens (including phenoxy) is 1. The van der Waals surface area contributed by atoms with Crippen LogP contribution in [0.25, 0.3) is 0 Å². The predicted molar refractivity (Wildman–Crippen MR) is 95.0 cm³/mol. The lowest BCUT2D eigenvalue weighted by molar-refractivity contribution is -0.133. The average Bonchev–Trinajstić information content (AvgIpc) is 2.20. The van der Waals surface area contributed by atoms with Crippen molar-refractivity contribution < 1.29 is 9.53 Å². The number of amides is 1. The van der Waals surface area contributed by atoms with Gasteiger partial charge in [0.1, 0.15) is 0 Å². The van der Waals surface area contributed by atoms with E-state index in [2.05, 4.69) is 67.6 Å². The number of hydrogen-bond acceptors (Lipinski definition) is 2. The Bertz CT molecular complexity index is 362. The Hall–Kier alpha value is -0.570. The van der Waals surface area contributed by atoms with Gasteiger partial charge in [-0.1, -0.05) is 48.5 Å². The van der Waals surface area contributed by atoms with Gasteiger partial charge in [-0.05, 0) is 43.9 Å². The van der Waals surface area contributed by atoms with Gasteiger partial charge < -0.3 is 10.1 Å². The maximum absolute atomic E-state index is 12.7. The topological polar surface area (TPSA) is 38.3 Å². The van der Waals surface area contributed by atoms with Crippen LogP contribution in [-0.2, 0) is 9.53 Å². The average molecular weight is 314 g/mol. The number of carbonyl (C=O) groups excluding carboxylic acids is 1. The maximum atomic E-state index is 12.7. The highest BCUT2D eigenvalue weighted by molar-refractivity contribution is 5.82. The van der Waals surface area contributed by atoms with Crippen LogP contribution in [-0.4, -0.2) is 25.2 Å². The minimum absolute atomic E-state index is 0.135. The molecule has 0 heterocycles. The Morgan fingerprint density at radius 1 is 0.909 bits per heavy atom. The third-order valence-corrected chi connectivity index (χ3v) is 3.93. The van der Waals surface area contributed by atoms with Crippen LogP contribution in [0.3, 0.4) is 0 Å². The van der Waals surface area contributed by atoms with Crippen molar-refractivity contribution >= 4 is 5.91 Å². The Kier molecular flexibility index (Phi) is 7.14. The molecule has 1 amide bonds. The second-order valence-corrected chi connectivity index (χ2v) is 10.0. The SMILES string of the molecule is COCCC(C)(C)NC(=O)C(C)(C)CC(C)(C)CC(C)(C)C. The maximum Gasteiger partial charge on any atom is 0.226 e. The van der Waals surface area contributed by atoms with E-state index in [9.17, 15) is 4.79 Å². The number of hydrogen-bond donors (Lipinski definition) is 1. The summed E-state index contributed by atoms with van der Waals surface area (Å²) in [6.07, 6.45) is 2.80. The predicted octanol–water partition coefficient (Wildman–Crippen LogP) is 4.80. The molecule has 3 heteroatoms. The lowest BCUT2D eigenvalue weighted by Crippen LogP contribution is -2.50. The van der Waals surface area contributed by atoms with Gasteiger partial charge >= 0.3 is 0 Å². The summed E-state index contributed by atoms with van der Waals surface area (Å²) in [6, 6.07) is 0. The quantitative estimate of drug-likeness (QED) is 0.699. The van der Waals surface area contributed by atoms with Crippen LogP contribution in [0.2, 0.25) is 0 Å². The first-order chi connectivity index (χ1) is 9.60. The van der Waals surface area contributed by atoms with Crippen LogP contribution in [0.15, 0.2) is 0 Å². The lowest BCUT2D eigenvalue weighted by Gasteiger charge is -2.39. The van der Waals surface area contributed by atoms with Crippen molar-refractivity contribution in [1.29, 1.82) is 0 Å². The fourth-order valence-electron chi connectivity index (χ4n) is 3.67. The van der Waals surface area contributed by atoms with Crippen molar-refractivity contribution in [1.82, 2.24) is 5.32 Å². The van der Waals surface area contributed by atoms with Crippen molar-refractivity contribution in [2.75, 3.05) is 13.7 Å². The second-order valence-electron chi connectivity index (χ2n) is 10.0. The van der Waals surface area contributed by atoms with E-state index in [0.717, 1.165) is 19.3 Å². The standard InChI is InChI=1S/C19H39NO2/c1-16(2,3)13-17(4,5)14-18(6,7)15(21)20-19(8,9)11-12-22-10/h11-14H2,1-10H3,(H,20,21). The summed E-state index contributed by atoms with van der Waals surface area (Å²) in [7, 11) is 1.69. The van der Waals surface area contributed by atoms with Crippen LogP contribution in [0.5, 0.6) is 0 Å². The van der Waals surface area contributed by atoms with Crippen LogP contribution in [0.4, 0.5) is 0 Å². The molecule has 0 fully saturated rings. The molecule has 0 aromatic heterocycles. The molecule has 0 saturated heterocycles. The van der Waals surface area contributed by atoms with E-state index in [1.165, 1.54) is 0 Å². The molecule has 0 rings (SSSR count). The summed E-state index contributed by atoms with van der Waals surface area (Å²) in [4.78, 5) is 12.7. The molecule has 0 saturated carbocycles. The Balaban J connectivity index is 4.82. The van der Waals surface area contributed by atoms with E-state index in [1.54, 1.807) is 7.11 Å². The molecule has 0 aromatic carbocycles. The minimum Gasteiger partial charge on any atom is -0.385 e.